The van der Waals surface area contributed by atoms with Gasteiger partial charge in [0.1, 0.15) is 18.9 Å². The number of aliphatic hydroxyl groups is 3. The fourth-order valence-corrected chi connectivity index (χ4v) is 1.08. The highest BCUT2D eigenvalue weighted by Gasteiger charge is 2.18. The second-order valence-corrected chi connectivity index (χ2v) is 3.06. The number of nitrogens with zero attached hydrogens (tertiary/aromatic N) is 3. The molecule has 8 heteroatoms. The Hall–Kier alpha value is -1.35. The number of hydrogen-bond donors (Lipinski definition) is 3. The first-order valence-corrected chi connectivity index (χ1v) is 4.58. The molecule has 0 radical (unpaired) electrons. The zero-order valence-corrected chi connectivity index (χ0v) is 8.43. The normalized spacial score (nSPS) is 14.7. The van der Waals surface area contributed by atoms with Gasteiger partial charge in [-0.3, -0.25) is 4.57 Å². The molecule has 16 heavy (non-hydrogen) atoms. The van der Waals surface area contributed by atoms with E-state index in [1.165, 1.54) is 17.0 Å². The van der Waals surface area contributed by atoms with E-state index < -0.39 is 25.4 Å². The Morgan fingerprint density at radius 2 is 2.25 bits per heavy atom. The Balaban J connectivity index is 2.52. The van der Waals surface area contributed by atoms with Crippen molar-refractivity contribution >= 4 is 5.95 Å². The summed E-state index contributed by atoms with van der Waals surface area (Å²) in [5, 5.41) is 29.4. The van der Waals surface area contributed by atoms with E-state index in [0.29, 0.717) is 0 Å². The first-order valence-electron chi connectivity index (χ1n) is 4.58. The largest absolute Gasteiger partial charge is 0.394 e. The van der Waals surface area contributed by atoms with Gasteiger partial charge in [-0.15, -0.1) is 4.91 Å². The molecule has 1 heterocycles. The average Bonchev–Trinajstić information content (AvgIpc) is 2.76. The SMILES string of the molecule is O=Nc1nccn1CO[C@@H](CO)[C@H](O)CO. The summed E-state index contributed by atoms with van der Waals surface area (Å²) in [6, 6.07) is 0. The first-order chi connectivity index (χ1) is 7.72. The molecule has 3 N–H and O–H groups in total. The third-order valence-electron chi connectivity index (χ3n) is 2.00. The maximum atomic E-state index is 10.3. The smallest absolute Gasteiger partial charge is 0.273 e. The lowest BCUT2D eigenvalue weighted by Crippen LogP contribution is -2.35. The lowest BCUT2D eigenvalue weighted by atomic mass is 10.2. The summed E-state index contributed by atoms with van der Waals surface area (Å²) in [7, 11) is 0. The summed E-state index contributed by atoms with van der Waals surface area (Å²) in [5.74, 6) is -0.0600. The van der Waals surface area contributed by atoms with Gasteiger partial charge in [0, 0.05) is 17.6 Å². The second kappa shape index (κ2) is 6.28. The molecule has 1 rings (SSSR count). The van der Waals surface area contributed by atoms with Crippen LogP contribution in [0.2, 0.25) is 0 Å². The van der Waals surface area contributed by atoms with Crippen LogP contribution in [0.3, 0.4) is 0 Å². The molecule has 0 unspecified atom stereocenters. The van der Waals surface area contributed by atoms with Gasteiger partial charge in [0.05, 0.1) is 13.2 Å². The van der Waals surface area contributed by atoms with Crippen LogP contribution in [0, 0.1) is 4.91 Å². The fraction of sp³-hybridized carbons (Fsp3) is 0.625. The van der Waals surface area contributed by atoms with Crippen molar-refractivity contribution in [2.75, 3.05) is 13.2 Å². The number of ether oxygens (including phenoxy) is 1. The molecule has 0 amide bonds. The molecule has 0 aliphatic carbocycles. The number of aliphatic hydroxyl groups excluding tert-OH is 3. The molecule has 0 spiro atoms. The zero-order chi connectivity index (χ0) is 12.0. The third-order valence-corrected chi connectivity index (χ3v) is 2.00. The van der Waals surface area contributed by atoms with E-state index in [1.54, 1.807) is 0 Å². The van der Waals surface area contributed by atoms with E-state index in [9.17, 15) is 10.0 Å². The van der Waals surface area contributed by atoms with E-state index in [0.717, 1.165) is 0 Å². The van der Waals surface area contributed by atoms with E-state index in [-0.39, 0.29) is 12.7 Å². The molecule has 0 aliphatic heterocycles. The highest BCUT2D eigenvalue weighted by Crippen LogP contribution is 2.09. The van der Waals surface area contributed by atoms with Crippen molar-refractivity contribution in [3.05, 3.63) is 17.3 Å². The van der Waals surface area contributed by atoms with Crippen LogP contribution < -0.4 is 0 Å². The van der Waals surface area contributed by atoms with Gasteiger partial charge in [-0.2, -0.15) is 0 Å². The van der Waals surface area contributed by atoms with E-state index in [4.69, 9.17) is 14.9 Å². The topological polar surface area (TPSA) is 117 Å². The number of aromatic nitrogens is 2. The number of imidazole rings is 1. The second-order valence-electron chi connectivity index (χ2n) is 3.06. The predicted octanol–water partition coefficient (Wildman–Crippen LogP) is -1.03. The van der Waals surface area contributed by atoms with Crippen molar-refractivity contribution in [3.8, 4) is 0 Å². The molecule has 0 bridgehead atoms. The molecule has 0 fully saturated rings. The molecule has 8 nitrogen and oxygen atoms in total. The summed E-state index contributed by atoms with van der Waals surface area (Å²) >= 11 is 0. The maximum absolute atomic E-state index is 10.3. The van der Waals surface area contributed by atoms with Crippen molar-refractivity contribution in [1.29, 1.82) is 0 Å². The number of hydrogen-bond acceptors (Lipinski definition) is 7. The van der Waals surface area contributed by atoms with Crippen LogP contribution in [0.25, 0.3) is 0 Å². The number of nitroso groups, excluding NO2 is 1. The molecule has 0 saturated carbocycles. The molecule has 1 aromatic heterocycles. The Morgan fingerprint density at radius 3 is 2.81 bits per heavy atom. The first kappa shape index (κ1) is 12.7. The number of rotatable bonds is 7. The van der Waals surface area contributed by atoms with E-state index in [1.807, 2.05) is 0 Å². The minimum absolute atomic E-state index is 0.0600. The Labute approximate surface area is 91.1 Å². The van der Waals surface area contributed by atoms with E-state index in [2.05, 4.69) is 10.2 Å². The van der Waals surface area contributed by atoms with Gasteiger partial charge in [0.25, 0.3) is 5.95 Å². The van der Waals surface area contributed by atoms with Gasteiger partial charge in [-0.25, -0.2) is 4.98 Å². The standard InChI is InChI=1S/C8H13N3O5/c12-3-6(14)7(4-13)16-5-11-2-1-9-8(11)10-15/h1-2,6-7,12-14H,3-5H2/t6-,7+/m1/s1. The lowest BCUT2D eigenvalue weighted by molar-refractivity contribution is -0.100. The summed E-state index contributed by atoms with van der Waals surface area (Å²) in [6.45, 7) is -1.06. The van der Waals surface area contributed by atoms with Crippen molar-refractivity contribution in [3.63, 3.8) is 0 Å². The molecule has 1 aromatic rings. The highest BCUT2D eigenvalue weighted by atomic mass is 16.5. The van der Waals surface area contributed by atoms with Gasteiger partial charge in [-0.05, 0) is 0 Å². The van der Waals surface area contributed by atoms with Gasteiger partial charge in [-0.1, -0.05) is 0 Å². The van der Waals surface area contributed by atoms with Crippen LogP contribution in [0.15, 0.2) is 17.6 Å². The molecular formula is C8H13N3O5. The Morgan fingerprint density at radius 1 is 1.50 bits per heavy atom. The van der Waals surface area contributed by atoms with Crippen LogP contribution >= 0.6 is 0 Å². The van der Waals surface area contributed by atoms with E-state index >= 15 is 0 Å². The minimum atomic E-state index is -1.18. The van der Waals surface area contributed by atoms with Crippen molar-refractivity contribution < 1.29 is 20.1 Å². The maximum Gasteiger partial charge on any atom is 0.273 e. The molecule has 0 aromatic carbocycles. The van der Waals surface area contributed by atoms with Gasteiger partial charge >= 0.3 is 0 Å². The fourth-order valence-electron chi connectivity index (χ4n) is 1.08. The predicted molar refractivity (Wildman–Crippen MR) is 52.7 cm³/mol. The minimum Gasteiger partial charge on any atom is -0.394 e. The molecule has 0 saturated heterocycles. The zero-order valence-electron chi connectivity index (χ0n) is 8.43. The summed E-state index contributed by atoms with van der Waals surface area (Å²) in [5.41, 5.74) is 0. The molecule has 90 valence electrons. The molecule has 2 atom stereocenters. The van der Waals surface area contributed by atoms with Crippen molar-refractivity contribution in [2.24, 2.45) is 5.18 Å². The average molecular weight is 231 g/mol. The van der Waals surface area contributed by atoms with Gasteiger partial charge < -0.3 is 20.1 Å². The van der Waals surface area contributed by atoms with Crippen LogP contribution in [-0.2, 0) is 11.5 Å². The quantitative estimate of drug-likeness (QED) is 0.516. The van der Waals surface area contributed by atoms with Crippen LogP contribution in [0.1, 0.15) is 0 Å². The van der Waals surface area contributed by atoms with Crippen molar-refractivity contribution in [1.82, 2.24) is 9.55 Å². The summed E-state index contributed by atoms with van der Waals surface area (Å²) in [6.07, 6.45) is 0.737. The van der Waals surface area contributed by atoms with Gasteiger partial charge in [0.2, 0.25) is 0 Å². The Bertz CT molecular complexity index is 329. The van der Waals surface area contributed by atoms with Crippen LogP contribution in [0.4, 0.5) is 5.95 Å². The lowest BCUT2D eigenvalue weighted by Gasteiger charge is -2.19. The summed E-state index contributed by atoms with van der Waals surface area (Å²) in [4.78, 5) is 13.9. The molecular weight excluding hydrogens is 218 g/mol. The van der Waals surface area contributed by atoms with Crippen LogP contribution in [0.5, 0.6) is 0 Å². The van der Waals surface area contributed by atoms with Gasteiger partial charge in [0.15, 0.2) is 0 Å². The van der Waals surface area contributed by atoms with Crippen molar-refractivity contribution in [2.45, 2.75) is 18.9 Å². The third kappa shape index (κ3) is 3.07. The summed E-state index contributed by atoms with van der Waals surface area (Å²) < 4.78 is 6.40. The monoisotopic (exact) mass is 231 g/mol. The Kier molecular flexibility index (Phi) is 4.99. The molecule has 0 aliphatic rings. The highest BCUT2D eigenvalue weighted by molar-refractivity contribution is 5.14. The van der Waals surface area contributed by atoms with Crippen LogP contribution in [-0.4, -0.2) is 50.3 Å².